The van der Waals surface area contributed by atoms with Gasteiger partial charge in [0.15, 0.2) is 0 Å². The van der Waals surface area contributed by atoms with Crippen molar-refractivity contribution in [1.82, 2.24) is 5.32 Å². The first-order chi connectivity index (χ1) is 7.50. The molecule has 3 nitrogen and oxygen atoms in total. The van der Waals surface area contributed by atoms with Crippen molar-refractivity contribution in [2.24, 2.45) is 5.92 Å². The summed E-state index contributed by atoms with van der Waals surface area (Å²) in [5.74, 6) is 0.374. The molecule has 0 aliphatic heterocycles. The number of nitrogens with one attached hydrogen (secondary N) is 1. The highest BCUT2D eigenvalue weighted by molar-refractivity contribution is 5.83. The Morgan fingerprint density at radius 2 is 2.06 bits per heavy atom. The zero-order valence-corrected chi connectivity index (χ0v) is 10.2. The van der Waals surface area contributed by atoms with Crippen molar-refractivity contribution in [3.63, 3.8) is 0 Å². The van der Waals surface area contributed by atoms with Crippen LogP contribution in [-0.4, -0.2) is 12.5 Å². The van der Waals surface area contributed by atoms with Crippen LogP contribution in [0.25, 0.3) is 0 Å². The van der Waals surface area contributed by atoms with Crippen molar-refractivity contribution >= 4 is 11.6 Å². The van der Waals surface area contributed by atoms with E-state index >= 15 is 0 Å². The summed E-state index contributed by atoms with van der Waals surface area (Å²) in [7, 11) is 0. The molecular weight excluding hydrogens is 200 g/mol. The Hall–Kier alpha value is -1.51. The highest BCUT2D eigenvalue weighted by Gasteiger charge is 2.14. The van der Waals surface area contributed by atoms with E-state index in [0.717, 1.165) is 5.56 Å². The fraction of sp³-hybridized carbons (Fsp3) is 0.462. The van der Waals surface area contributed by atoms with Crippen LogP contribution in [0.5, 0.6) is 0 Å². The summed E-state index contributed by atoms with van der Waals surface area (Å²) in [5.41, 5.74) is 7.34. The minimum Gasteiger partial charge on any atom is -0.399 e. The summed E-state index contributed by atoms with van der Waals surface area (Å²) in [5, 5.41) is 2.92. The maximum Gasteiger partial charge on any atom is 0.227 e. The fourth-order valence-electron chi connectivity index (χ4n) is 1.44. The average Bonchev–Trinajstić information content (AvgIpc) is 2.24. The van der Waals surface area contributed by atoms with Gasteiger partial charge in [-0.3, -0.25) is 4.79 Å². The summed E-state index contributed by atoms with van der Waals surface area (Å²) in [6, 6.07) is 7.47. The van der Waals surface area contributed by atoms with Gasteiger partial charge >= 0.3 is 0 Å². The van der Waals surface area contributed by atoms with Crippen molar-refractivity contribution in [2.75, 3.05) is 12.3 Å². The standard InChI is InChI=1S/C13H20N2O/c1-9(2)8-15-13(16)10(3)11-5-4-6-12(14)7-11/h4-7,9-10H,8,14H2,1-3H3,(H,15,16). The molecule has 0 radical (unpaired) electrons. The molecule has 0 fully saturated rings. The van der Waals surface area contributed by atoms with Gasteiger partial charge in [-0.05, 0) is 30.5 Å². The van der Waals surface area contributed by atoms with Crippen LogP contribution in [0.4, 0.5) is 5.69 Å². The Labute approximate surface area is 97.0 Å². The summed E-state index contributed by atoms with van der Waals surface area (Å²) >= 11 is 0. The number of hydrogen-bond acceptors (Lipinski definition) is 2. The highest BCUT2D eigenvalue weighted by Crippen LogP contribution is 2.17. The summed E-state index contributed by atoms with van der Waals surface area (Å²) in [6.07, 6.45) is 0. The van der Waals surface area contributed by atoms with E-state index in [0.29, 0.717) is 18.2 Å². The molecule has 1 aromatic rings. The van der Waals surface area contributed by atoms with Crippen LogP contribution >= 0.6 is 0 Å². The minimum atomic E-state index is -0.151. The molecule has 16 heavy (non-hydrogen) atoms. The van der Waals surface area contributed by atoms with Gasteiger partial charge in [0.2, 0.25) is 5.91 Å². The first-order valence-corrected chi connectivity index (χ1v) is 5.64. The van der Waals surface area contributed by atoms with Crippen LogP contribution in [0.15, 0.2) is 24.3 Å². The Balaban J connectivity index is 2.63. The van der Waals surface area contributed by atoms with Crippen molar-refractivity contribution in [3.05, 3.63) is 29.8 Å². The molecular formula is C13H20N2O. The number of benzene rings is 1. The molecule has 0 saturated carbocycles. The number of carbonyl (C=O) groups is 1. The van der Waals surface area contributed by atoms with Crippen LogP contribution in [0.2, 0.25) is 0 Å². The van der Waals surface area contributed by atoms with Gasteiger partial charge < -0.3 is 11.1 Å². The molecule has 0 aliphatic rings. The van der Waals surface area contributed by atoms with Gasteiger partial charge in [0.1, 0.15) is 0 Å². The highest BCUT2D eigenvalue weighted by atomic mass is 16.1. The molecule has 1 rings (SSSR count). The average molecular weight is 220 g/mol. The summed E-state index contributed by atoms with van der Waals surface area (Å²) in [6.45, 7) is 6.76. The van der Waals surface area contributed by atoms with Crippen LogP contribution in [-0.2, 0) is 4.79 Å². The van der Waals surface area contributed by atoms with Gasteiger partial charge in [-0.25, -0.2) is 0 Å². The largest absolute Gasteiger partial charge is 0.399 e. The van der Waals surface area contributed by atoms with Crippen molar-refractivity contribution in [3.8, 4) is 0 Å². The first-order valence-electron chi connectivity index (χ1n) is 5.64. The number of carbonyl (C=O) groups excluding carboxylic acids is 1. The van der Waals surface area contributed by atoms with Crippen LogP contribution in [0.3, 0.4) is 0 Å². The maximum absolute atomic E-state index is 11.8. The molecule has 1 atom stereocenters. The lowest BCUT2D eigenvalue weighted by Gasteiger charge is -2.14. The number of anilines is 1. The molecule has 1 aromatic carbocycles. The molecule has 0 aromatic heterocycles. The molecule has 1 unspecified atom stereocenters. The molecule has 88 valence electrons. The topological polar surface area (TPSA) is 55.1 Å². The zero-order valence-electron chi connectivity index (χ0n) is 10.2. The van der Waals surface area contributed by atoms with E-state index in [1.807, 2.05) is 31.2 Å². The third kappa shape index (κ3) is 3.57. The van der Waals surface area contributed by atoms with E-state index in [1.165, 1.54) is 0 Å². The maximum atomic E-state index is 11.8. The molecule has 0 saturated heterocycles. The molecule has 3 N–H and O–H groups in total. The summed E-state index contributed by atoms with van der Waals surface area (Å²) in [4.78, 5) is 11.8. The van der Waals surface area contributed by atoms with Crippen molar-refractivity contribution < 1.29 is 4.79 Å². The number of rotatable bonds is 4. The summed E-state index contributed by atoms with van der Waals surface area (Å²) < 4.78 is 0. The second-order valence-corrected chi connectivity index (χ2v) is 4.53. The predicted molar refractivity (Wildman–Crippen MR) is 67.1 cm³/mol. The molecule has 1 amide bonds. The second kappa shape index (κ2) is 5.54. The Morgan fingerprint density at radius 3 is 2.62 bits per heavy atom. The first kappa shape index (κ1) is 12.6. The van der Waals surface area contributed by atoms with E-state index in [-0.39, 0.29) is 11.8 Å². The van der Waals surface area contributed by atoms with E-state index in [9.17, 15) is 4.79 Å². The molecule has 3 heteroatoms. The van der Waals surface area contributed by atoms with Gasteiger partial charge in [0, 0.05) is 12.2 Å². The lowest BCUT2D eigenvalue weighted by atomic mass is 9.99. The zero-order chi connectivity index (χ0) is 12.1. The number of hydrogen-bond donors (Lipinski definition) is 2. The number of nitrogens with two attached hydrogens (primary N) is 1. The van der Waals surface area contributed by atoms with Gasteiger partial charge in [-0.1, -0.05) is 26.0 Å². The lowest BCUT2D eigenvalue weighted by molar-refractivity contribution is -0.122. The predicted octanol–water partition coefficient (Wildman–Crippen LogP) is 2.14. The van der Waals surface area contributed by atoms with E-state index in [2.05, 4.69) is 19.2 Å². The lowest BCUT2D eigenvalue weighted by Crippen LogP contribution is -2.31. The Bertz CT molecular complexity index is 361. The van der Waals surface area contributed by atoms with Crippen molar-refractivity contribution in [2.45, 2.75) is 26.7 Å². The normalized spacial score (nSPS) is 12.5. The molecule has 0 bridgehead atoms. The SMILES string of the molecule is CC(C)CNC(=O)C(C)c1cccc(N)c1. The van der Waals surface area contributed by atoms with E-state index in [1.54, 1.807) is 0 Å². The third-order valence-electron chi connectivity index (χ3n) is 2.49. The van der Waals surface area contributed by atoms with Crippen LogP contribution < -0.4 is 11.1 Å². The van der Waals surface area contributed by atoms with Gasteiger partial charge in [0.05, 0.1) is 5.92 Å². The molecule has 0 spiro atoms. The smallest absolute Gasteiger partial charge is 0.227 e. The number of nitrogen functional groups attached to an aromatic ring is 1. The van der Waals surface area contributed by atoms with Gasteiger partial charge in [0.25, 0.3) is 0 Å². The van der Waals surface area contributed by atoms with Crippen LogP contribution in [0, 0.1) is 5.92 Å². The van der Waals surface area contributed by atoms with E-state index in [4.69, 9.17) is 5.73 Å². The van der Waals surface area contributed by atoms with Crippen LogP contribution in [0.1, 0.15) is 32.3 Å². The molecule has 0 heterocycles. The molecule has 0 aliphatic carbocycles. The van der Waals surface area contributed by atoms with Gasteiger partial charge in [-0.15, -0.1) is 0 Å². The third-order valence-corrected chi connectivity index (χ3v) is 2.49. The minimum absolute atomic E-state index is 0.0549. The quantitative estimate of drug-likeness (QED) is 0.764. The monoisotopic (exact) mass is 220 g/mol. The Kier molecular flexibility index (Phi) is 4.35. The van der Waals surface area contributed by atoms with Gasteiger partial charge in [-0.2, -0.15) is 0 Å². The Morgan fingerprint density at radius 1 is 1.38 bits per heavy atom. The van der Waals surface area contributed by atoms with Crippen molar-refractivity contribution in [1.29, 1.82) is 0 Å². The van der Waals surface area contributed by atoms with E-state index < -0.39 is 0 Å². The second-order valence-electron chi connectivity index (χ2n) is 4.53. The number of amides is 1. The fourth-order valence-corrected chi connectivity index (χ4v) is 1.44.